The van der Waals surface area contributed by atoms with Crippen molar-refractivity contribution in [3.63, 3.8) is 0 Å². The van der Waals surface area contributed by atoms with Crippen LogP contribution in [0, 0.1) is 12.3 Å². The molecule has 0 aliphatic rings. The van der Waals surface area contributed by atoms with Gasteiger partial charge in [-0.05, 0) is 31.3 Å². The van der Waals surface area contributed by atoms with Crippen LogP contribution in [0.15, 0.2) is 24.3 Å². The first kappa shape index (κ1) is 13.7. The van der Waals surface area contributed by atoms with Crippen LogP contribution in [0.1, 0.15) is 15.9 Å². The average Bonchev–Trinajstić information content (AvgIpc) is 2.38. The molecule has 3 N–H and O–H groups in total. The molecule has 94 valence electrons. The van der Waals surface area contributed by atoms with Crippen LogP contribution in [0.2, 0.25) is 0 Å². The fraction of sp³-hybridized carbons (Fsp3) is 0.231. The number of terminal acetylenes is 1. The summed E-state index contributed by atoms with van der Waals surface area (Å²) in [5.41, 5.74) is 1.04. The number of benzene rings is 1. The van der Waals surface area contributed by atoms with Crippen LogP contribution in [-0.2, 0) is 4.79 Å². The van der Waals surface area contributed by atoms with Crippen molar-refractivity contribution < 1.29 is 14.7 Å². The highest BCUT2D eigenvalue weighted by molar-refractivity contribution is 5.96. The van der Waals surface area contributed by atoms with Gasteiger partial charge in [-0.3, -0.25) is 4.79 Å². The van der Waals surface area contributed by atoms with E-state index in [1.807, 2.05) is 0 Å². The summed E-state index contributed by atoms with van der Waals surface area (Å²) in [6.07, 6.45) is 5.20. The molecule has 1 rings (SSSR count). The summed E-state index contributed by atoms with van der Waals surface area (Å²) in [4.78, 5) is 22.7. The van der Waals surface area contributed by atoms with Gasteiger partial charge in [0.2, 0.25) is 0 Å². The molecular weight excluding hydrogens is 232 g/mol. The Bertz CT molecular complexity index is 474. The van der Waals surface area contributed by atoms with Gasteiger partial charge < -0.3 is 15.7 Å². The van der Waals surface area contributed by atoms with Crippen LogP contribution < -0.4 is 10.6 Å². The molecule has 0 aliphatic heterocycles. The number of amides is 1. The number of carbonyl (C=O) groups excluding carboxylic acids is 1. The number of nitrogens with one attached hydrogen (secondary N) is 2. The molecule has 1 atom stereocenters. The molecule has 5 nitrogen and oxygen atoms in total. The lowest BCUT2D eigenvalue weighted by molar-refractivity contribution is -0.139. The van der Waals surface area contributed by atoms with Gasteiger partial charge in [-0.15, -0.1) is 6.42 Å². The topological polar surface area (TPSA) is 78.4 Å². The van der Waals surface area contributed by atoms with Crippen molar-refractivity contribution in [3.8, 4) is 12.3 Å². The van der Waals surface area contributed by atoms with Gasteiger partial charge in [-0.25, -0.2) is 4.79 Å². The highest BCUT2D eigenvalue weighted by Crippen LogP contribution is 2.03. The van der Waals surface area contributed by atoms with Crippen molar-refractivity contribution in [2.45, 2.75) is 6.04 Å². The van der Waals surface area contributed by atoms with Gasteiger partial charge in [0.05, 0.1) is 0 Å². The van der Waals surface area contributed by atoms with Crippen LogP contribution in [0.5, 0.6) is 0 Å². The Morgan fingerprint density at radius 3 is 2.44 bits per heavy atom. The zero-order valence-corrected chi connectivity index (χ0v) is 9.93. The van der Waals surface area contributed by atoms with Gasteiger partial charge >= 0.3 is 5.97 Å². The molecule has 0 fully saturated rings. The number of carboxylic acids is 1. The summed E-state index contributed by atoms with van der Waals surface area (Å²) in [7, 11) is 1.61. The molecule has 0 aromatic heterocycles. The molecular formula is C13H14N2O3. The maximum Gasteiger partial charge on any atom is 0.327 e. The molecule has 1 unspecified atom stereocenters. The molecule has 0 heterocycles. The maximum atomic E-state index is 11.8. The number of likely N-dealkylation sites (N-methyl/N-ethyl adjacent to an activating group) is 1. The van der Waals surface area contributed by atoms with E-state index in [2.05, 4.69) is 16.6 Å². The summed E-state index contributed by atoms with van der Waals surface area (Å²) in [6, 6.07) is 5.41. The van der Waals surface area contributed by atoms with E-state index in [0.29, 0.717) is 11.1 Å². The molecule has 1 aromatic rings. The van der Waals surface area contributed by atoms with E-state index >= 15 is 0 Å². The average molecular weight is 246 g/mol. The summed E-state index contributed by atoms with van der Waals surface area (Å²) in [5.74, 6) is 0.908. The SMILES string of the molecule is C#Cc1ccc(C(=O)NC(CNC)C(=O)O)cc1. The van der Waals surface area contributed by atoms with E-state index in [1.54, 1.807) is 31.3 Å². The third kappa shape index (κ3) is 3.61. The molecule has 5 heteroatoms. The maximum absolute atomic E-state index is 11.8. The predicted octanol–water partition coefficient (Wildman–Crippen LogP) is 0.0703. The van der Waals surface area contributed by atoms with Gasteiger partial charge in [0, 0.05) is 17.7 Å². The molecule has 0 aliphatic carbocycles. The van der Waals surface area contributed by atoms with E-state index in [9.17, 15) is 9.59 Å². The Balaban J connectivity index is 2.74. The molecule has 0 spiro atoms. The first-order valence-electron chi connectivity index (χ1n) is 5.33. The zero-order valence-electron chi connectivity index (χ0n) is 9.93. The van der Waals surface area contributed by atoms with E-state index in [-0.39, 0.29) is 6.54 Å². The van der Waals surface area contributed by atoms with Crippen LogP contribution in [-0.4, -0.2) is 36.6 Å². The second-order valence-corrected chi connectivity index (χ2v) is 3.64. The van der Waals surface area contributed by atoms with Gasteiger partial charge in [0.25, 0.3) is 5.91 Å². The lowest BCUT2D eigenvalue weighted by Crippen LogP contribution is -2.46. The molecule has 0 saturated carbocycles. The number of carboxylic acid groups (broad SMARTS) is 1. The molecule has 1 amide bonds. The lowest BCUT2D eigenvalue weighted by Gasteiger charge is -2.13. The Morgan fingerprint density at radius 1 is 1.39 bits per heavy atom. The predicted molar refractivity (Wildman–Crippen MR) is 67.2 cm³/mol. The number of hydrogen-bond acceptors (Lipinski definition) is 3. The fourth-order valence-corrected chi connectivity index (χ4v) is 1.36. The van der Waals surface area contributed by atoms with Crippen molar-refractivity contribution in [1.82, 2.24) is 10.6 Å². The Labute approximate surface area is 105 Å². The molecule has 0 bridgehead atoms. The van der Waals surface area contributed by atoms with Crippen molar-refractivity contribution in [3.05, 3.63) is 35.4 Å². The van der Waals surface area contributed by atoms with Gasteiger partial charge in [0.1, 0.15) is 6.04 Å². The minimum Gasteiger partial charge on any atom is -0.480 e. The second kappa shape index (κ2) is 6.42. The zero-order chi connectivity index (χ0) is 13.5. The molecule has 1 aromatic carbocycles. The summed E-state index contributed by atoms with van der Waals surface area (Å²) < 4.78 is 0. The summed E-state index contributed by atoms with van der Waals surface area (Å²) in [5, 5.41) is 14.0. The highest BCUT2D eigenvalue weighted by Gasteiger charge is 2.19. The van der Waals surface area contributed by atoms with E-state index < -0.39 is 17.9 Å². The van der Waals surface area contributed by atoms with E-state index in [1.165, 1.54) is 0 Å². The van der Waals surface area contributed by atoms with E-state index in [0.717, 1.165) is 0 Å². The lowest BCUT2D eigenvalue weighted by atomic mass is 10.1. The van der Waals surface area contributed by atoms with Crippen molar-refractivity contribution in [1.29, 1.82) is 0 Å². The monoisotopic (exact) mass is 246 g/mol. The van der Waals surface area contributed by atoms with Crippen molar-refractivity contribution in [2.24, 2.45) is 0 Å². The normalized spacial score (nSPS) is 11.3. The second-order valence-electron chi connectivity index (χ2n) is 3.64. The fourth-order valence-electron chi connectivity index (χ4n) is 1.36. The van der Waals surface area contributed by atoms with Crippen LogP contribution in [0.25, 0.3) is 0 Å². The third-order valence-corrected chi connectivity index (χ3v) is 2.33. The Hall–Kier alpha value is -2.32. The quantitative estimate of drug-likeness (QED) is 0.642. The highest BCUT2D eigenvalue weighted by atomic mass is 16.4. The van der Waals surface area contributed by atoms with Crippen LogP contribution >= 0.6 is 0 Å². The molecule has 18 heavy (non-hydrogen) atoms. The number of aliphatic carboxylic acids is 1. The van der Waals surface area contributed by atoms with Crippen LogP contribution in [0.3, 0.4) is 0 Å². The van der Waals surface area contributed by atoms with Crippen molar-refractivity contribution in [2.75, 3.05) is 13.6 Å². The standard InChI is InChI=1S/C13H14N2O3/c1-3-9-4-6-10(7-5-9)12(16)15-11(8-14-2)13(17)18/h1,4-7,11,14H,8H2,2H3,(H,15,16)(H,17,18). The summed E-state index contributed by atoms with van der Waals surface area (Å²) >= 11 is 0. The molecule has 0 radical (unpaired) electrons. The number of hydrogen-bond donors (Lipinski definition) is 3. The smallest absolute Gasteiger partial charge is 0.327 e. The Kier molecular flexibility index (Phi) is 4.90. The minimum atomic E-state index is -1.09. The van der Waals surface area contributed by atoms with Crippen molar-refractivity contribution >= 4 is 11.9 Å². The van der Waals surface area contributed by atoms with Gasteiger partial charge in [-0.2, -0.15) is 0 Å². The first-order valence-corrected chi connectivity index (χ1v) is 5.33. The molecule has 0 saturated heterocycles. The minimum absolute atomic E-state index is 0.156. The first-order chi connectivity index (χ1) is 8.58. The van der Waals surface area contributed by atoms with Gasteiger partial charge in [-0.1, -0.05) is 5.92 Å². The number of carbonyl (C=O) groups is 2. The third-order valence-electron chi connectivity index (χ3n) is 2.33. The Morgan fingerprint density at radius 2 is 2.00 bits per heavy atom. The largest absolute Gasteiger partial charge is 0.480 e. The number of rotatable bonds is 5. The summed E-state index contributed by atoms with van der Waals surface area (Å²) in [6.45, 7) is 0.156. The van der Waals surface area contributed by atoms with E-state index in [4.69, 9.17) is 11.5 Å². The van der Waals surface area contributed by atoms with Gasteiger partial charge in [0.15, 0.2) is 0 Å². The van der Waals surface area contributed by atoms with Crippen LogP contribution in [0.4, 0.5) is 0 Å².